The fourth-order valence-electron chi connectivity index (χ4n) is 1.73. The molecule has 0 N–H and O–H groups in total. The number of hydrogen-bond donors (Lipinski definition) is 0. The Bertz CT molecular complexity index is 217. The van der Waals surface area contributed by atoms with Gasteiger partial charge in [0, 0.05) is 26.4 Å². The van der Waals surface area contributed by atoms with Gasteiger partial charge >= 0.3 is 9.05 Å². The smallest absolute Gasteiger partial charge is 0.379 e. The minimum absolute atomic E-state index is 0.331. The second-order valence-corrected chi connectivity index (χ2v) is 6.84. The summed E-state index contributed by atoms with van der Waals surface area (Å²) in [7, 11) is -3.32. The molecule has 0 aliphatic rings. The maximum Gasteiger partial charge on any atom is 0.680 e. The van der Waals surface area contributed by atoms with Gasteiger partial charge in [0.2, 0.25) is 0 Å². The molecule has 0 bridgehead atoms. The molecule has 0 heterocycles. The highest BCUT2D eigenvalue weighted by Gasteiger charge is 2.45. The van der Waals surface area contributed by atoms with Crippen molar-refractivity contribution in [1.29, 1.82) is 0 Å². The van der Waals surface area contributed by atoms with Crippen LogP contribution in [-0.2, 0) is 36.7 Å². The highest BCUT2D eigenvalue weighted by atomic mass is 28.4. The van der Waals surface area contributed by atoms with Crippen molar-refractivity contribution in [2.45, 2.75) is 27.7 Å². The van der Waals surface area contributed by atoms with E-state index >= 15 is 0 Å². The topological polar surface area (TPSA) is 73.8 Å². The van der Waals surface area contributed by atoms with Crippen molar-refractivity contribution in [2.75, 3.05) is 79.3 Å². The van der Waals surface area contributed by atoms with Crippen molar-refractivity contribution in [1.82, 2.24) is 0 Å². The largest absolute Gasteiger partial charge is 0.680 e. The summed E-state index contributed by atoms with van der Waals surface area (Å²) in [6.07, 6.45) is 0. The minimum atomic E-state index is -3.32. The molecule has 0 aromatic carbocycles. The lowest BCUT2D eigenvalue weighted by Crippen LogP contribution is -2.51. The average molecular weight is 385 g/mol. The van der Waals surface area contributed by atoms with Gasteiger partial charge < -0.3 is 36.7 Å². The van der Waals surface area contributed by atoms with Crippen LogP contribution in [0.5, 0.6) is 0 Å². The van der Waals surface area contributed by atoms with Crippen LogP contribution in [0.2, 0.25) is 0 Å². The second kappa shape index (κ2) is 18.7. The number of ether oxygens (including phenoxy) is 4. The van der Waals surface area contributed by atoms with Crippen LogP contribution in [0.15, 0.2) is 0 Å². The highest BCUT2D eigenvalue weighted by Crippen LogP contribution is 2.12. The third-order valence-corrected chi connectivity index (χ3v) is 5.07. The van der Waals surface area contributed by atoms with Crippen molar-refractivity contribution >= 4 is 9.05 Å². The van der Waals surface area contributed by atoms with Gasteiger partial charge in [-0.3, -0.25) is 0 Å². The first kappa shape index (κ1) is 24.9. The SMILES string of the molecule is CCOCCO[Si](OCCOCC)(OCCOCC)OCCOCC. The molecule has 0 radical (unpaired) electrons. The lowest BCUT2D eigenvalue weighted by molar-refractivity contribution is -0.0674. The van der Waals surface area contributed by atoms with Crippen molar-refractivity contribution in [3.63, 3.8) is 0 Å². The molecule has 152 valence electrons. The first-order valence-corrected chi connectivity index (χ1v) is 10.7. The van der Waals surface area contributed by atoms with Crippen LogP contribution in [0, 0.1) is 0 Å². The van der Waals surface area contributed by atoms with Crippen molar-refractivity contribution < 1.29 is 36.7 Å². The standard InChI is InChI=1S/C16H36O8Si/c1-5-17-9-13-21-25(22-14-10-18-6-2,23-15-11-19-7-3)24-16-12-20-8-4/h5-16H2,1-4H3. The summed E-state index contributed by atoms with van der Waals surface area (Å²) in [5.41, 5.74) is 0. The predicted octanol–water partition coefficient (Wildman–Crippen LogP) is 1.63. The molecule has 0 fully saturated rings. The van der Waals surface area contributed by atoms with Crippen LogP contribution in [-0.4, -0.2) is 88.3 Å². The van der Waals surface area contributed by atoms with E-state index in [2.05, 4.69) is 0 Å². The van der Waals surface area contributed by atoms with E-state index in [1.165, 1.54) is 0 Å². The predicted molar refractivity (Wildman–Crippen MR) is 95.5 cm³/mol. The summed E-state index contributed by atoms with van der Waals surface area (Å²) in [4.78, 5) is 0. The van der Waals surface area contributed by atoms with E-state index in [1.807, 2.05) is 27.7 Å². The van der Waals surface area contributed by atoms with Gasteiger partial charge in [-0.05, 0) is 27.7 Å². The zero-order valence-electron chi connectivity index (χ0n) is 16.3. The summed E-state index contributed by atoms with van der Waals surface area (Å²) in [6.45, 7) is 13.3. The Kier molecular flexibility index (Phi) is 18.6. The van der Waals surface area contributed by atoms with Gasteiger partial charge in [-0.15, -0.1) is 0 Å². The molecule has 8 nitrogen and oxygen atoms in total. The molecule has 0 saturated heterocycles. The Balaban J connectivity index is 4.62. The highest BCUT2D eigenvalue weighted by molar-refractivity contribution is 6.53. The third kappa shape index (κ3) is 14.7. The molecule has 0 unspecified atom stereocenters. The second-order valence-electron chi connectivity index (χ2n) is 4.68. The quantitative estimate of drug-likeness (QED) is 0.232. The Morgan fingerprint density at radius 3 is 0.840 bits per heavy atom. The molecule has 0 amide bonds. The molecule has 0 aliphatic heterocycles. The van der Waals surface area contributed by atoms with Gasteiger partial charge in [-0.2, -0.15) is 0 Å². The van der Waals surface area contributed by atoms with Crippen LogP contribution >= 0.6 is 0 Å². The van der Waals surface area contributed by atoms with Crippen LogP contribution in [0.4, 0.5) is 0 Å². The van der Waals surface area contributed by atoms with Crippen LogP contribution in [0.3, 0.4) is 0 Å². The summed E-state index contributed by atoms with van der Waals surface area (Å²) >= 11 is 0. The molecule has 0 rings (SSSR count). The summed E-state index contributed by atoms with van der Waals surface area (Å²) in [5, 5.41) is 0. The molecule has 0 aliphatic carbocycles. The number of hydrogen-bond acceptors (Lipinski definition) is 8. The Morgan fingerprint density at radius 2 is 0.640 bits per heavy atom. The zero-order valence-corrected chi connectivity index (χ0v) is 17.3. The monoisotopic (exact) mass is 384 g/mol. The molecule has 0 saturated carbocycles. The maximum atomic E-state index is 5.85. The van der Waals surface area contributed by atoms with Gasteiger partial charge in [-0.1, -0.05) is 0 Å². The van der Waals surface area contributed by atoms with E-state index in [-0.39, 0.29) is 0 Å². The Labute approximate surface area is 153 Å². The molecule has 0 spiro atoms. The van der Waals surface area contributed by atoms with E-state index < -0.39 is 9.05 Å². The summed E-state index contributed by atoms with van der Waals surface area (Å²) in [5.74, 6) is 0. The van der Waals surface area contributed by atoms with E-state index in [9.17, 15) is 0 Å². The van der Waals surface area contributed by atoms with Gasteiger partial charge in [-0.25, -0.2) is 0 Å². The molecule has 9 heteroatoms. The van der Waals surface area contributed by atoms with Crippen LogP contribution < -0.4 is 0 Å². The van der Waals surface area contributed by atoms with Gasteiger partial charge in [0.1, 0.15) is 0 Å². The normalized spacial score (nSPS) is 12.0. The van der Waals surface area contributed by atoms with Crippen LogP contribution in [0.25, 0.3) is 0 Å². The Hall–Kier alpha value is -0.103. The number of rotatable bonds is 20. The first-order valence-electron chi connectivity index (χ1n) is 9.11. The molecule has 0 aromatic heterocycles. The lowest BCUT2D eigenvalue weighted by Gasteiger charge is -2.28. The third-order valence-electron chi connectivity index (χ3n) is 2.84. The summed E-state index contributed by atoms with van der Waals surface area (Å²) < 4.78 is 44.7. The maximum absolute atomic E-state index is 5.85. The van der Waals surface area contributed by atoms with E-state index in [0.29, 0.717) is 79.3 Å². The molecule has 0 atom stereocenters. The molecule has 0 aromatic rings. The fourth-order valence-corrected chi connectivity index (χ4v) is 3.56. The van der Waals surface area contributed by atoms with Crippen molar-refractivity contribution in [3.05, 3.63) is 0 Å². The van der Waals surface area contributed by atoms with Gasteiger partial charge in [0.25, 0.3) is 0 Å². The fraction of sp³-hybridized carbons (Fsp3) is 1.00. The van der Waals surface area contributed by atoms with Gasteiger partial charge in [0.15, 0.2) is 0 Å². The zero-order chi connectivity index (χ0) is 18.6. The lowest BCUT2D eigenvalue weighted by atomic mass is 10.7. The Morgan fingerprint density at radius 1 is 0.400 bits per heavy atom. The van der Waals surface area contributed by atoms with Crippen molar-refractivity contribution in [2.24, 2.45) is 0 Å². The minimum Gasteiger partial charge on any atom is -0.379 e. The average Bonchev–Trinajstić information content (AvgIpc) is 2.63. The molecular weight excluding hydrogens is 348 g/mol. The van der Waals surface area contributed by atoms with E-state index in [1.54, 1.807) is 0 Å². The molecular formula is C16H36O8Si. The van der Waals surface area contributed by atoms with Gasteiger partial charge in [0.05, 0.1) is 52.9 Å². The van der Waals surface area contributed by atoms with Crippen LogP contribution in [0.1, 0.15) is 27.7 Å². The summed E-state index contributed by atoms with van der Waals surface area (Å²) in [6, 6.07) is 0. The van der Waals surface area contributed by atoms with E-state index in [4.69, 9.17) is 36.7 Å². The van der Waals surface area contributed by atoms with E-state index in [0.717, 1.165) is 0 Å². The van der Waals surface area contributed by atoms with Crippen molar-refractivity contribution in [3.8, 4) is 0 Å². The molecule has 25 heavy (non-hydrogen) atoms. The first-order chi connectivity index (χ1) is 12.2.